The number of aliphatic carboxylic acids is 1. The van der Waals surface area contributed by atoms with Crippen LogP contribution < -0.4 is 5.73 Å². The van der Waals surface area contributed by atoms with Crippen LogP contribution in [-0.4, -0.2) is 11.1 Å². The number of carboxylic acid groups (broad SMARTS) is 1. The third-order valence-corrected chi connectivity index (χ3v) is 2.46. The zero-order valence-corrected chi connectivity index (χ0v) is 10.6. The van der Waals surface area contributed by atoms with Gasteiger partial charge in [0.25, 0.3) is 5.97 Å². The van der Waals surface area contributed by atoms with Crippen LogP contribution in [-0.2, 0) is 4.79 Å². The lowest BCUT2D eigenvalue weighted by atomic mass is 10.00. The fourth-order valence-electron chi connectivity index (χ4n) is 1.58. The Morgan fingerprint density at radius 3 is 2.17 bits per heavy atom. The van der Waals surface area contributed by atoms with E-state index in [0.29, 0.717) is 0 Å². The summed E-state index contributed by atoms with van der Waals surface area (Å²) in [5.74, 6) is -0.833. The molecule has 2 aromatic rings. The molecule has 3 nitrogen and oxygen atoms in total. The highest BCUT2D eigenvalue weighted by Gasteiger charge is 2.02. The van der Waals surface area contributed by atoms with Crippen molar-refractivity contribution in [2.75, 3.05) is 5.73 Å². The van der Waals surface area contributed by atoms with Crippen molar-refractivity contribution in [2.45, 2.75) is 13.8 Å². The Kier molecular flexibility index (Phi) is 4.93. The minimum atomic E-state index is -0.833. The van der Waals surface area contributed by atoms with Crippen LogP contribution in [0.2, 0.25) is 0 Å². The molecule has 3 N–H and O–H groups in total. The molecule has 0 unspecified atom stereocenters. The van der Waals surface area contributed by atoms with Gasteiger partial charge in [-0.15, -0.1) is 0 Å². The quantitative estimate of drug-likeness (QED) is 0.755. The summed E-state index contributed by atoms with van der Waals surface area (Å²) in [4.78, 5) is 9.00. The third kappa shape index (κ3) is 3.94. The van der Waals surface area contributed by atoms with Crippen molar-refractivity contribution in [2.24, 2.45) is 0 Å². The first-order chi connectivity index (χ1) is 8.52. The van der Waals surface area contributed by atoms with Crippen LogP contribution in [0.1, 0.15) is 12.5 Å². The van der Waals surface area contributed by atoms with E-state index in [2.05, 4.69) is 25.1 Å². The van der Waals surface area contributed by atoms with Gasteiger partial charge in [0.1, 0.15) is 0 Å². The molecule has 2 aromatic carbocycles. The smallest absolute Gasteiger partial charge is 0.300 e. The molecule has 0 amide bonds. The predicted molar refractivity (Wildman–Crippen MR) is 74.3 cm³/mol. The maximum absolute atomic E-state index is 9.00. The molecular weight excluding hydrogens is 226 g/mol. The molecule has 0 heterocycles. The second kappa shape index (κ2) is 6.45. The number of benzene rings is 2. The average molecular weight is 243 g/mol. The van der Waals surface area contributed by atoms with Crippen molar-refractivity contribution >= 4 is 11.7 Å². The lowest BCUT2D eigenvalue weighted by Gasteiger charge is -2.07. The van der Waals surface area contributed by atoms with E-state index >= 15 is 0 Å². The number of anilines is 1. The van der Waals surface area contributed by atoms with Crippen molar-refractivity contribution in [3.63, 3.8) is 0 Å². The number of nitrogens with two attached hydrogens (primary N) is 1. The highest BCUT2D eigenvalue weighted by Crippen LogP contribution is 2.26. The van der Waals surface area contributed by atoms with Gasteiger partial charge in [-0.1, -0.05) is 42.5 Å². The van der Waals surface area contributed by atoms with E-state index in [4.69, 9.17) is 15.6 Å². The Bertz CT molecular complexity index is 517. The molecule has 0 atom stereocenters. The topological polar surface area (TPSA) is 63.3 Å². The van der Waals surface area contributed by atoms with Crippen LogP contribution in [0.4, 0.5) is 5.69 Å². The van der Waals surface area contributed by atoms with E-state index in [0.717, 1.165) is 18.2 Å². The van der Waals surface area contributed by atoms with E-state index < -0.39 is 5.97 Å². The molecule has 0 saturated carbocycles. The third-order valence-electron chi connectivity index (χ3n) is 2.46. The largest absolute Gasteiger partial charge is 0.481 e. The molecule has 0 aliphatic carbocycles. The lowest BCUT2D eigenvalue weighted by Crippen LogP contribution is -1.91. The fourth-order valence-corrected chi connectivity index (χ4v) is 1.58. The Balaban J connectivity index is 0.000000357. The number of hydrogen-bond donors (Lipinski definition) is 2. The zero-order valence-electron chi connectivity index (χ0n) is 10.6. The molecule has 0 saturated heterocycles. The van der Waals surface area contributed by atoms with Gasteiger partial charge >= 0.3 is 0 Å². The Hall–Kier alpha value is -2.29. The monoisotopic (exact) mass is 243 g/mol. The fraction of sp³-hybridized carbons (Fsp3) is 0.133. The van der Waals surface area contributed by atoms with Gasteiger partial charge in [-0.3, -0.25) is 4.79 Å². The number of carbonyl (C=O) groups is 1. The van der Waals surface area contributed by atoms with Crippen LogP contribution >= 0.6 is 0 Å². The van der Waals surface area contributed by atoms with Crippen molar-refractivity contribution in [1.29, 1.82) is 0 Å². The Morgan fingerprint density at radius 1 is 1.06 bits per heavy atom. The maximum atomic E-state index is 9.00. The van der Waals surface area contributed by atoms with Gasteiger partial charge < -0.3 is 10.8 Å². The summed E-state index contributed by atoms with van der Waals surface area (Å²) < 4.78 is 0. The standard InChI is InChI=1S/C13H13N.C2H4O2/c1-10-12(8-5-9-13(10)14)11-6-3-2-4-7-11;1-2(3)4/h2-9H,14H2,1H3;1H3,(H,3,4). The lowest BCUT2D eigenvalue weighted by molar-refractivity contribution is -0.134. The van der Waals surface area contributed by atoms with Gasteiger partial charge in [0.15, 0.2) is 0 Å². The number of hydrogen-bond acceptors (Lipinski definition) is 2. The van der Waals surface area contributed by atoms with Gasteiger partial charge in [0.2, 0.25) is 0 Å². The molecule has 0 bridgehead atoms. The van der Waals surface area contributed by atoms with E-state index in [-0.39, 0.29) is 0 Å². The van der Waals surface area contributed by atoms with Gasteiger partial charge in [0.05, 0.1) is 0 Å². The minimum absolute atomic E-state index is 0.833. The van der Waals surface area contributed by atoms with Crippen molar-refractivity contribution in [3.05, 3.63) is 54.1 Å². The highest BCUT2D eigenvalue weighted by atomic mass is 16.4. The summed E-state index contributed by atoms with van der Waals surface area (Å²) >= 11 is 0. The van der Waals surface area contributed by atoms with Gasteiger partial charge in [-0.2, -0.15) is 0 Å². The van der Waals surface area contributed by atoms with Gasteiger partial charge in [-0.05, 0) is 29.7 Å². The first-order valence-corrected chi connectivity index (χ1v) is 5.62. The van der Waals surface area contributed by atoms with Crippen LogP contribution in [0.3, 0.4) is 0 Å². The first kappa shape index (κ1) is 13.8. The molecule has 0 radical (unpaired) electrons. The van der Waals surface area contributed by atoms with Gasteiger partial charge in [-0.25, -0.2) is 0 Å². The molecule has 3 heteroatoms. The van der Waals surface area contributed by atoms with Crippen molar-refractivity contribution in [3.8, 4) is 11.1 Å². The molecule has 0 aliphatic rings. The van der Waals surface area contributed by atoms with Gasteiger partial charge in [0, 0.05) is 12.6 Å². The number of nitrogen functional groups attached to an aromatic ring is 1. The molecule has 18 heavy (non-hydrogen) atoms. The number of rotatable bonds is 1. The van der Waals surface area contributed by atoms with Crippen LogP contribution in [0.5, 0.6) is 0 Å². The second-order valence-corrected chi connectivity index (χ2v) is 3.90. The summed E-state index contributed by atoms with van der Waals surface area (Å²) in [5.41, 5.74) is 10.3. The van der Waals surface area contributed by atoms with Crippen LogP contribution in [0, 0.1) is 6.92 Å². The van der Waals surface area contributed by atoms with Crippen molar-refractivity contribution < 1.29 is 9.90 Å². The second-order valence-electron chi connectivity index (χ2n) is 3.90. The summed E-state index contributed by atoms with van der Waals surface area (Å²) in [6, 6.07) is 16.3. The molecule has 0 fully saturated rings. The molecular formula is C15H17NO2. The molecule has 94 valence electrons. The zero-order chi connectivity index (χ0) is 13.5. The molecule has 0 aliphatic heterocycles. The van der Waals surface area contributed by atoms with Crippen molar-refractivity contribution in [1.82, 2.24) is 0 Å². The molecule has 0 spiro atoms. The summed E-state index contributed by atoms with van der Waals surface area (Å²) in [6.45, 7) is 3.14. The molecule has 0 aromatic heterocycles. The van der Waals surface area contributed by atoms with E-state index in [9.17, 15) is 0 Å². The normalized spacial score (nSPS) is 9.22. The van der Waals surface area contributed by atoms with E-state index in [1.54, 1.807) is 0 Å². The summed E-state index contributed by atoms with van der Waals surface area (Å²) in [7, 11) is 0. The van der Waals surface area contributed by atoms with Crippen LogP contribution in [0.15, 0.2) is 48.5 Å². The first-order valence-electron chi connectivity index (χ1n) is 5.62. The minimum Gasteiger partial charge on any atom is -0.481 e. The van der Waals surface area contributed by atoms with E-state index in [1.165, 1.54) is 11.1 Å². The SMILES string of the molecule is CC(=O)O.Cc1c(N)cccc1-c1ccccc1. The van der Waals surface area contributed by atoms with E-state index in [1.807, 2.05) is 30.3 Å². The summed E-state index contributed by atoms with van der Waals surface area (Å²) in [6.07, 6.45) is 0. The number of carboxylic acids is 1. The molecule has 2 rings (SSSR count). The summed E-state index contributed by atoms with van der Waals surface area (Å²) in [5, 5.41) is 7.42. The predicted octanol–water partition coefficient (Wildman–Crippen LogP) is 3.34. The maximum Gasteiger partial charge on any atom is 0.300 e. The van der Waals surface area contributed by atoms with Crippen LogP contribution in [0.25, 0.3) is 11.1 Å². The highest BCUT2D eigenvalue weighted by molar-refractivity contribution is 5.72. The average Bonchev–Trinajstić information content (AvgIpc) is 2.33. The Morgan fingerprint density at radius 2 is 1.61 bits per heavy atom. The Labute approximate surface area is 107 Å².